The number of anilines is 1. The molecule has 0 bridgehead atoms. The van der Waals surface area contributed by atoms with Gasteiger partial charge in [-0.3, -0.25) is 4.79 Å². The highest BCUT2D eigenvalue weighted by Gasteiger charge is 2.15. The summed E-state index contributed by atoms with van der Waals surface area (Å²) in [5.41, 5.74) is 1.79. The van der Waals surface area contributed by atoms with Gasteiger partial charge in [-0.05, 0) is 42.0 Å². The standard InChI is InChI=1S/C21H15Cl2NO4/c22-17-10-15(20(25)24-16-8-6-14(7-9-16)21(26)27)11-18(23)19(17)28-12-13-4-2-1-3-5-13/h1-11H,12H2,(H,24,25)(H,26,27). The zero-order valence-electron chi connectivity index (χ0n) is 14.5. The zero-order valence-corrected chi connectivity index (χ0v) is 16.0. The van der Waals surface area contributed by atoms with Crippen LogP contribution in [0.1, 0.15) is 26.3 Å². The third kappa shape index (κ3) is 4.82. The number of hydrogen-bond donors (Lipinski definition) is 2. The Morgan fingerprint density at radius 1 is 0.893 bits per heavy atom. The molecule has 3 aromatic rings. The van der Waals surface area contributed by atoms with Crippen LogP contribution in [0.15, 0.2) is 66.7 Å². The number of ether oxygens (including phenoxy) is 1. The highest BCUT2D eigenvalue weighted by atomic mass is 35.5. The number of carboxylic acids is 1. The molecule has 0 fully saturated rings. The molecule has 2 N–H and O–H groups in total. The number of hydrogen-bond acceptors (Lipinski definition) is 3. The quantitative estimate of drug-likeness (QED) is 0.555. The van der Waals surface area contributed by atoms with Gasteiger partial charge in [0.2, 0.25) is 0 Å². The summed E-state index contributed by atoms with van der Waals surface area (Å²) < 4.78 is 5.69. The summed E-state index contributed by atoms with van der Waals surface area (Å²) in [5, 5.41) is 12.0. The predicted octanol–water partition coefficient (Wildman–Crippen LogP) is 5.52. The van der Waals surface area contributed by atoms with E-state index in [1.54, 1.807) is 0 Å². The number of aromatic carboxylic acids is 1. The molecule has 142 valence electrons. The molecule has 0 saturated heterocycles. The second kappa shape index (κ2) is 8.78. The highest BCUT2D eigenvalue weighted by molar-refractivity contribution is 6.37. The number of amides is 1. The van der Waals surface area contributed by atoms with Gasteiger partial charge in [-0.1, -0.05) is 53.5 Å². The van der Waals surface area contributed by atoms with Crippen molar-refractivity contribution in [2.45, 2.75) is 6.61 Å². The summed E-state index contributed by atoms with van der Waals surface area (Å²) in [4.78, 5) is 23.3. The molecule has 1 amide bonds. The summed E-state index contributed by atoms with van der Waals surface area (Å²) in [7, 11) is 0. The number of carbonyl (C=O) groups is 2. The van der Waals surface area contributed by atoms with Crippen LogP contribution < -0.4 is 10.1 Å². The Morgan fingerprint density at radius 3 is 2.07 bits per heavy atom. The minimum atomic E-state index is -1.04. The molecular formula is C21H15Cl2NO4. The molecule has 0 aromatic heterocycles. The Hall–Kier alpha value is -3.02. The van der Waals surface area contributed by atoms with E-state index < -0.39 is 11.9 Å². The smallest absolute Gasteiger partial charge is 0.335 e. The van der Waals surface area contributed by atoms with Gasteiger partial charge in [0.15, 0.2) is 5.75 Å². The molecule has 7 heteroatoms. The topological polar surface area (TPSA) is 75.6 Å². The Balaban J connectivity index is 1.72. The van der Waals surface area contributed by atoms with Gasteiger partial charge in [0, 0.05) is 11.3 Å². The first-order chi connectivity index (χ1) is 13.4. The van der Waals surface area contributed by atoms with Crippen molar-refractivity contribution in [2.75, 3.05) is 5.32 Å². The lowest BCUT2D eigenvalue weighted by Crippen LogP contribution is -2.12. The van der Waals surface area contributed by atoms with Crippen LogP contribution in [-0.2, 0) is 6.61 Å². The van der Waals surface area contributed by atoms with Crippen LogP contribution in [0, 0.1) is 0 Å². The summed E-state index contributed by atoms with van der Waals surface area (Å²) >= 11 is 12.5. The molecule has 0 heterocycles. The molecule has 5 nitrogen and oxygen atoms in total. The first-order valence-corrected chi connectivity index (χ1v) is 9.00. The molecule has 0 atom stereocenters. The normalized spacial score (nSPS) is 10.4. The summed E-state index contributed by atoms with van der Waals surface area (Å²) in [6.45, 7) is 0.293. The second-order valence-electron chi connectivity index (χ2n) is 5.88. The van der Waals surface area contributed by atoms with Gasteiger partial charge >= 0.3 is 5.97 Å². The Bertz CT molecular complexity index is 982. The van der Waals surface area contributed by atoms with Crippen molar-refractivity contribution in [1.82, 2.24) is 0 Å². The maximum atomic E-state index is 12.4. The third-order valence-corrected chi connectivity index (χ3v) is 4.44. The SMILES string of the molecule is O=C(O)c1ccc(NC(=O)c2cc(Cl)c(OCc3ccccc3)c(Cl)c2)cc1. The third-order valence-electron chi connectivity index (χ3n) is 3.88. The monoisotopic (exact) mass is 415 g/mol. The van der Waals surface area contributed by atoms with Crippen molar-refractivity contribution < 1.29 is 19.4 Å². The maximum Gasteiger partial charge on any atom is 0.335 e. The molecule has 0 radical (unpaired) electrons. The van der Waals surface area contributed by atoms with Crippen LogP contribution in [0.4, 0.5) is 5.69 Å². The molecule has 28 heavy (non-hydrogen) atoms. The summed E-state index contributed by atoms with van der Waals surface area (Å²) in [6, 6.07) is 18.3. The van der Waals surface area contributed by atoms with E-state index in [4.69, 9.17) is 33.0 Å². The van der Waals surface area contributed by atoms with Crippen LogP contribution in [0.3, 0.4) is 0 Å². The Morgan fingerprint density at radius 2 is 1.50 bits per heavy atom. The first kappa shape index (κ1) is 19.7. The fourth-order valence-electron chi connectivity index (χ4n) is 2.46. The molecule has 0 unspecified atom stereocenters. The Kier molecular flexibility index (Phi) is 6.19. The van der Waals surface area contributed by atoms with E-state index in [0.717, 1.165) is 5.56 Å². The van der Waals surface area contributed by atoms with Gasteiger partial charge in [0.05, 0.1) is 15.6 Å². The zero-order chi connectivity index (χ0) is 20.1. The lowest BCUT2D eigenvalue weighted by Gasteiger charge is -2.12. The molecule has 3 rings (SSSR count). The number of carboxylic acid groups (broad SMARTS) is 1. The van der Waals surface area contributed by atoms with E-state index in [1.807, 2.05) is 30.3 Å². The van der Waals surface area contributed by atoms with E-state index in [1.165, 1.54) is 36.4 Å². The molecule has 0 aliphatic rings. The van der Waals surface area contributed by atoms with Crippen LogP contribution in [0.5, 0.6) is 5.75 Å². The van der Waals surface area contributed by atoms with E-state index >= 15 is 0 Å². The molecule has 3 aromatic carbocycles. The summed E-state index contributed by atoms with van der Waals surface area (Å²) in [5.74, 6) is -1.17. The first-order valence-electron chi connectivity index (χ1n) is 8.24. The van der Waals surface area contributed by atoms with Crippen LogP contribution in [0.2, 0.25) is 10.0 Å². The molecule has 0 aliphatic carbocycles. The number of benzene rings is 3. The van der Waals surface area contributed by atoms with Crippen molar-refractivity contribution in [3.63, 3.8) is 0 Å². The maximum absolute atomic E-state index is 12.4. The largest absolute Gasteiger partial charge is 0.486 e. The van der Waals surface area contributed by atoms with Crippen molar-refractivity contribution in [3.8, 4) is 5.75 Å². The van der Waals surface area contributed by atoms with E-state index in [0.29, 0.717) is 18.0 Å². The van der Waals surface area contributed by atoms with Crippen LogP contribution in [-0.4, -0.2) is 17.0 Å². The Labute approximate surface area is 171 Å². The minimum absolute atomic E-state index is 0.129. The van der Waals surface area contributed by atoms with Crippen molar-refractivity contribution in [2.24, 2.45) is 0 Å². The molecule has 0 aliphatic heterocycles. The van der Waals surface area contributed by atoms with Crippen LogP contribution >= 0.6 is 23.2 Å². The van der Waals surface area contributed by atoms with Crippen molar-refractivity contribution in [3.05, 3.63) is 93.5 Å². The average molecular weight is 416 g/mol. The number of nitrogens with one attached hydrogen (secondary N) is 1. The fourth-order valence-corrected chi connectivity index (χ4v) is 3.05. The van der Waals surface area contributed by atoms with Gasteiger partial charge in [-0.25, -0.2) is 4.79 Å². The highest BCUT2D eigenvalue weighted by Crippen LogP contribution is 2.35. The van der Waals surface area contributed by atoms with E-state index in [-0.39, 0.29) is 21.2 Å². The van der Waals surface area contributed by atoms with Gasteiger partial charge in [0.1, 0.15) is 6.61 Å². The predicted molar refractivity (Wildman–Crippen MR) is 109 cm³/mol. The van der Waals surface area contributed by atoms with Gasteiger partial charge in [-0.15, -0.1) is 0 Å². The van der Waals surface area contributed by atoms with Gasteiger partial charge < -0.3 is 15.2 Å². The van der Waals surface area contributed by atoms with Gasteiger partial charge in [-0.2, -0.15) is 0 Å². The lowest BCUT2D eigenvalue weighted by molar-refractivity contribution is 0.0696. The molecular weight excluding hydrogens is 401 g/mol. The number of rotatable bonds is 6. The van der Waals surface area contributed by atoms with Crippen molar-refractivity contribution in [1.29, 1.82) is 0 Å². The molecule has 0 saturated carbocycles. The average Bonchev–Trinajstić information content (AvgIpc) is 2.68. The minimum Gasteiger partial charge on any atom is -0.486 e. The molecule has 0 spiro atoms. The van der Waals surface area contributed by atoms with E-state index in [2.05, 4.69) is 5.32 Å². The fraction of sp³-hybridized carbons (Fsp3) is 0.0476. The number of carbonyl (C=O) groups excluding carboxylic acids is 1. The van der Waals surface area contributed by atoms with Gasteiger partial charge in [0.25, 0.3) is 5.91 Å². The van der Waals surface area contributed by atoms with Crippen LogP contribution in [0.25, 0.3) is 0 Å². The second-order valence-corrected chi connectivity index (χ2v) is 6.69. The lowest BCUT2D eigenvalue weighted by atomic mass is 10.1. The van der Waals surface area contributed by atoms with Crippen molar-refractivity contribution >= 4 is 40.8 Å². The summed E-state index contributed by atoms with van der Waals surface area (Å²) in [6.07, 6.45) is 0. The number of halogens is 2. The van der Waals surface area contributed by atoms with E-state index in [9.17, 15) is 9.59 Å².